The van der Waals surface area contributed by atoms with Crippen LogP contribution in [0.2, 0.25) is 0 Å². The van der Waals surface area contributed by atoms with Gasteiger partial charge in [0, 0.05) is 5.54 Å². The molecule has 0 unspecified atom stereocenters. The van der Waals surface area contributed by atoms with Gasteiger partial charge in [0.15, 0.2) is 12.9 Å². The third kappa shape index (κ3) is 4.69. The van der Waals surface area contributed by atoms with E-state index in [2.05, 4.69) is 5.32 Å². The van der Waals surface area contributed by atoms with Crippen LogP contribution in [0, 0.1) is 5.82 Å². The van der Waals surface area contributed by atoms with E-state index in [4.69, 9.17) is 4.74 Å². The van der Waals surface area contributed by atoms with Gasteiger partial charge in [-0.15, -0.1) is 0 Å². The van der Waals surface area contributed by atoms with Crippen molar-refractivity contribution < 1.29 is 18.7 Å². The van der Waals surface area contributed by atoms with Crippen molar-refractivity contribution in [3.63, 3.8) is 0 Å². The largest absolute Gasteiger partial charge is 0.483 e. The minimum atomic E-state index is -0.522. The number of nitrogens with one attached hydrogen (secondary N) is 1. The molecule has 0 bridgehead atoms. The Balaban J connectivity index is 2.62. The van der Waals surface area contributed by atoms with Crippen LogP contribution in [0.4, 0.5) is 4.39 Å². The molecule has 0 saturated heterocycles. The number of hydrogen-bond donors (Lipinski definition) is 1. The van der Waals surface area contributed by atoms with Crippen molar-refractivity contribution >= 4 is 12.2 Å². The molecule has 0 fully saturated rings. The van der Waals surface area contributed by atoms with Crippen LogP contribution in [0.15, 0.2) is 18.2 Å². The van der Waals surface area contributed by atoms with Crippen LogP contribution in [0.5, 0.6) is 5.75 Å². The van der Waals surface area contributed by atoms with Crippen LogP contribution in [0.3, 0.4) is 0 Å². The van der Waals surface area contributed by atoms with Gasteiger partial charge in [-0.1, -0.05) is 6.92 Å². The fourth-order valence-electron chi connectivity index (χ4n) is 1.39. The van der Waals surface area contributed by atoms with Crippen molar-refractivity contribution in [3.8, 4) is 5.75 Å². The van der Waals surface area contributed by atoms with E-state index in [1.54, 1.807) is 0 Å². The number of benzene rings is 1. The van der Waals surface area contributed by atoms with Crippen molar-refractivity contribution in [2.75, 3.05) is 6.61 Å². The van der Waals surface area contributed by atoms with E-state index in [9.17, 15) is 14.0 Å². The van der Waals surface area contributed by atoms with Gasteiger partial charge >= 0.3 is 0 Å². The molecule has 5 heteroatoms. The molecule has 1 aromatic rings. The number of amides is 1. The molecule has 0 radical (unpaired) electrons. The van der Waals surface area contributed by atoms with Crippen LogP contribution >= 0.6 is 0 Å². The Labute approximate surface area is 112 Å². The molecule has 0 saturated carbocycles. The summed E-state index contributed by atoms with van der Waals surface area (Å²) in [4.78, 5) is 22.4. The Kier molecular flexibility index (Phi) is 5.03. The maximum Gasteiger partial charge on any atom is 0.258 e. The first-order chi connectivity index (χ1) is 8.88. The van der Waals surface area contributed by atoms with Crippen molar-refractivity contribution in [1.82, 2.24) is 5.32 Å². The maximum atomic E-state index is 12.9. The van der Waals surface area contributed by atoms with Gasteiger partial charge in [-0.05, 0) is 38.5 Å². The molecule has 0 heterocycles. The predicted octanol–water partition coefficient (Wildman–Crippen LogP) is 2.32. The Morgan fingerprint density at radius 2 is 2.16 bits per heavy atom. The van der Waals surface area contributed by atoms with Crippen LogP contribution in [0.1, 0.15) is 37.6 Å². The molecule has 0 aliphatic rings. The SMILES string of the molecule is CCC(C)(C)NC(=O)COc1ccc(F)cc1C=O. The normalized spacial score (nSPS) is 10.9. The summed E-state index contributed by atoms with van der Waals surface area (Å²) < 4.78 is 18.1. The molecule has 0 spiro atoms. The van der Waals surface area contributed by atoms with Gasteiger partial charge < -0.3 is 10.1 Å². The summed E-state index contributed by atoms with van der Waals surface area (Å²) >= 11 is 0. The Hall–Kier alpha value is -1.91. The summed E-state index contributed by atoms with van der Waals surface area (Å²) in [6.07, 6.45) is 1.28. The van der Waals surface area contributed by atoms with Crippen molar-refractivity contribution in [3.05, 3.63) is 29.6 Å². The van der Waals surface area contributed by atoms with Gasteiger partial charge in [0.2, 0.25) is 0 Å². The first-order valence-electron chi connectivity index (χ1n) is 6.06. The van der Waals surface area contributed by atoms with Crippen molar-refractivity contribution in [2.24, 2.45) is 0 Å². The number of hydrogen-bond acceptors (Lipinski definition) is 3. The van der Waals surface area contributed by atoms with E-state index in [-0.39, 0.29) is 29.4 Å². The van der Waals surface area contributed by atoms with Gasteiger partial charge in [0.05, 0.1) is 5.56 Å². The fraction of sp³-hybridized carbons (Fsp3) is 0.429. The monoisotopic (exact) mass is 267 g/mol. The number of ether oxygens (including phenoxy) is 1. The van der Waals surface area contributed by atoms with Crippen LogP contribution < -0.4 is 10.1 Å². The summed E-state index contributed by atoms with van der Waals surface area (Å²) in [6, 6.07) is 3.57. The van der Waals surface area contributed by atoms with Gasteiger partial charge in [0.1, 0.15) is 11.6 Å². The Morgan fingerprint density at radius 1 is 1.47 bits per heavy atom. The molecule has 0 aliphatic heterocycles. The molecule has 1 amide bonds. The number of halogens is 1. The van der Waals surface area contributed by atoms with Crippen LogP contribution in [-0.2, 0) is 4.79 Å². The van der Waals surface area contributed by atoms with Crippen LogP contribution in [-0.4, -0.2) is 24.3 Å². The van der Waals surface area contributed by atoms with Crippen molar-refractivity contribution in [2.45, 2.75) is 32.7 Å². The molecule has 1 N–H and O–H groups in total. The maximum absolute atomic E-state index is 12.9. The molecule has 0 atom stereocenters. The van der Waals surface area contributed by atoms with E-state index >= 15 is 0 Å². The quantitative estimate of drug-likeness (QED) is 0.805. The summed E-state index contributed by atoms with van der Waals surface area (Å²) in [7, 11) is 0. The van der Waals surface area contributed by atoms with Gasteiger partial charge in [-0.3, -0.25) is 9.59 Å². The lowest BCUT2D eigenvalue weighted by molar-refractivity contribution is -0.124. The summed E-state index contributed by atoms with van der Waals surface area (Å²) in [5, 5.41) is 2.80. The van der Waals surface area contributed by atoms with Crippen LogP contribution in [0.25, 0.3) is 0 Å². The number of aldehydes is 1. The molecular weight excluding hydrogens is 249 g/mol. The third-order valence-corrected chi connectivity index (χ3v) is 2.82. The van der Waals surface area contributed by atoms with E-state index in [0.29, 0.717) is 6.29 Å². The highest BCUT2D eigenvalue weighted by atomic mass is 19.1. The van der Waals surface area contributed by atoms with Gasteiger partial charge in [0.25, 0.3) is 5.91 Å². The minimum absolute atomic E-state index is 0.0857. The smallest absolute Gasteiger partial charge is 0.258 e. The second-order valence-electron chi connectivity index (χ2n) is 4.87. The Bertz CT molecular complexity index is 472. The summed E-state index contributed by atoms with van der Waals surface area (Å²) in [5.74, 6) is -0.611. The molecule has 19 heavy (non-hydrogen) atoms. The van der Waals surface area contributed by atoms with E-state index in [1.165, 1.54) is 12.1 Å². The zero-order valence-corrected chi connectivity index (χ0v) is 11.3. The highest BCUT2D eigenvalue weighted by molar-refractivity contribution is 5.81. The Morgan fingerprint density at radius 3 is 2.74 bits per heavy atom. The van der Waals surface area contributed by atoms with Crippen molar-refractivity contribution in [1.29, 1.82) is 0 Å². The third-order valence-electron chi connectivity index (χ3n) is 2.82. The zero-order valence-electron chi connectivity index (χ0n) is 11.3. The van der Waals surface area contributed by atoms with Gasteiger partial charge in [-0.25, -0.2) is 4.39 Å². The lowest BCUT2D eigenvalue weighted by atomic mass is 10.0. The predicted molar refractivity (Wildman–Crippen MR) is 69.8 cm³/mol. The molecule has 1 rings (SSSR count). The molecule has 0 aromatic heterocycles. The average Bonchev–Trinajstić information content (AvgIpc) is 2.36. The number of carbonyl (C=O) groups excluding carboxylic acids is 2. The first kappa shape index (κ1) is 15.1. The molecular formula is C14H18FNO3. The molecule has 1 aromatic carbocycles. The lowest BCUT2D eigenvalue weighted by Gasteiger charge is -2.24. The molecule has 104 valence electrons. The number of rotatable bonds is 6. The summed E-state index contributed by atoms with van der Waals surface area (Å²) in [6.45, 7) is 5.56. The van der Waals surface area contributed by atoms with E-state index in [0.717, 1.165) is 12.5 Å². The van der Waals surface area contributed by atoms with Gasteiger partial charge in [-0.2, -0.15) is 0 Å². The fourth-order valence-corrected chi connectivity index (χ4v) is 1.39. The van der Waals surface area contributed by atoms with E-state index < -0.39 is 5.82 Å². The second-order valence-corrected chi connectivity index (χ2v) is 4.87. The van der Waals surface area contributed by atoms with E-state index in [1.807, 2.05) is 20.8 Å². The minimum Gasteiger partial charge on any atom is -0.483 e. The number of carbonyl (C=O) groups is 2. The molecule has 0 aliphatic carbocycles. The topological polar surface area (TPSA) is 55.4 Å². The highest BCUT2D eigenvalue weighted by Gasteiger charge is 2.18. The highest BCUT2D eigenvalue weighted by Crippen LogP contribution is 2.17. The second kappa shape index (κ2) is 6.31. The molecule has 4 nitrogen and oxygen atoms in total. The average molecular weight is 267 g/mol. The first-order valence-corrected chi connectivity index (χ1v) is 6.06. The standard InChI is InChI=1S/C14H18FNO3/c1-4-14(2,3)16-13(18)9-19-12-6-5-11(15)7-10(12)8-17/h5-8H,4,9H2,1-3H3,(H,16,18). The zero-order chi connectivity index (χ0) is 14.5. The summed E-state index contributed by atoms with van der Waals surface area (Å²) in [5.41, 5.74) is -0.223. The lowest BCUT2D eigenvalue weighted by Crippen LogP contribution is -2.44.